The number of hydrogen-bond acceptors (Lipinski definition) is 6. The second-order valence-corrected chi connectivity index (χ2v) is 6.33. The molecule has 0 aliphatic rings. The third kappa shape index (κ3) is 3.76. The normalized spacial score (nSPS) is 10.1. The van der Waals surface area contributed by atoms with E-state index in [0.29, 0.717) is 17.1 Å². The van der Waals surface area contributed by atoms with Crippen LogP contribution in [0.3, 0.4) is 0 Å². The first-order valence-electron chi connectivity index (χ1n) is 8.71. The number of H-pyrrole nitrogens is 1. The largest absolute Gasteiger partial charge is 0.493 e. The standard InChI is InChI=1S/C22H18N4O3/c1-13-5-3-6-14(9-13)12-29-20-15(7-4-8-18(20)28-2)19-16(10-23)21(25)26-22(27)17(19)11-24/h3-9H,12H2,1-2H3,(H3,25,26,27). The number of methoxy groups -OCH3 is 1. The van der Waals surface area contributed by atoms with Crippen molar-refractivity contribution in [3.05, 3.63) is 75.1 Å². The number of rotatable bonds is 5. The number of para-hydroxylation sites is 1. The summed E-state index contributed by atoms with van der Waals surface area (Å²) >= 11 is 0. The van der Waals surface area contributed by atoms with E-state index in [4.69, 9.17) is 15.2 Å². The highest BCUT2D eigenvalue weighted by molar-refractivity contribution is 5.85. The average Bonchev–Trinajstić information content (AvgIpc) is 2.71. The Balaban J connectivity index is 2.21. The molecule has 0 bridgehead atoms. The van der Waals surface area contributed by atoms with Crippen molar-refractivity contribution >= 4 is 5.82 Å². The fourth-order valence-electron chi connectivity index (χ4n) is 3.09. The molecule has 7 nitrogen and oxygen atoms in total. The molecule has 0 radical (unpaired) electrons. The molecule has 3 N–H and O–H groups in total. The van der Waals surface area contributed by atoms with Crippen LogP contribution in [0.5, 0.6) is 11.5 Å². The molecule has 0 unspecified atom stereocenters. The molecule has 0 saturated carbocycles. The first-order chi connectivity index (χ1) is 14.0. The number of nitrogens with one attached hydrogen (secondary N) is 1. The average molecular weight is 386 g/mol. The second-order valence-electron chi connectivity index (χ2n) is 6.33. The van der Waals surface area contributed by atoms with Gasteiger partial charge in [0.2, 0.25) is 0 Å². The summed E-state index contributed by atoms with van der Waals surface area (Å²) in [4.78, 5) is 14.6. The SMILES string of the molecule is COc1cccc(-c2c(C#N)c(N)[nH]c(=O)c2C#N)c1OCc1cccc(C)c1. The number of anilines is 1. The van der Waals surface area contributed by atoms with Crippen LogP contribution in [-0.2, 0) is 6.61 Å². The highest BCUT2D eigenvalue weighted by Crippen LogP contribution is 2.41. The Kier molecular flexibility index (Phi) is 5.52. The smallest absolute Gasteiger partial charge is 0.268 e. The lowest BCUT2D eigenvalue weighted by Gasteiger charge is -2.17. The topological polar surface area (TPSA) is 125 Å². The van der Waals surface area contributed by atoms with Crippen LogP contribution in [0.15, 0.2) is 47.3 Å². The minimum atomic E-state index is -0.675. The molecular formula is C22H18N4O3. The molecule has 0 aliphatic heterocycles. The van der Waals surface area contributed by atoms with Crippen LogP contribution in [-0.4, -0.2) is 12.1 Å². The number of ether oxygens (including phenoxy) is 2. The zero-order valence-electron chi connectivity index (χ0n) is 15.9. The van der Waals surface area contributed by atoms with Crippen molar-refractivity contribution < 1.29 is 9.47 Å². The lowest BCUT2D eigenvalue weighted by atomic mass is 9.95. The number of hydrogen-bond donors (Lipinski definition) is 2. The predicted octanol–water partition coefficient (Wildman–Crippen LogP) is 3.26. The fraction of sp³-hybridized carbons (Fsp3) is 0.136. The molecule has 1 heterocycles. The minimum absolute atomic E-state index is 0.00481. The van der Waals surface area contributed by atoms with Crippen molar-refractivity contribution in [3.63, 3.8) is 0 Å². The highest BCUT2D eigenvalue weighted by Gasteiger charge is 2.23. The molecule has 0 amide bonds. The van der Waals surface area contributed by atoms with Gasteiger partial charge in [-0.2, -0.15) is 10.5 Å². The van der Waals surface area contributed by atoms with Crippen LogP contribution >= 0.6 is 0 Å². The highest BCUT2D eigenvalue weighted by atomic mass is 16.5. The fourth-order valence-corrected chi connectivity index (χ4v) is 3.09. The van der Waals surface area contributed by atoms with Crippen molar-refractivity contribution in [2.45, 2.75) is 13.5 Å². The minimum Gasteiger partial charge on any atom is -0.493 e. The van der Waals surface area contributed by atoms with E-state index < -0.39 is 5.56 Å². The summed E-state index contributed by atoms with van der Waals surface area (Å²) in [5.74, 6) is 0.607. The summed E-state index contributed by atoms with van der Waals surface area (Å²) in [5, 5.41) is 19.1. The molecular weight excluding hydrogens is 368 g/mol. The first kappa shape index (κ1) is 19.5. The van der Waals surface area contributed by atoms with Gasteiger partial charge in [-0.3, -0.25) is 4.79 Å². The molecule has 0 spiro atoms. The molecule has 3 rings (SSSR count). The summed E-state index contributed by atoms with van der Waals surface area (Å²) in [6.07, 6.45) is 0. The number of aromatic amines is 1. The molecule has 0 saturated heterocycles. The van der Waals surface area contributed by atoms with Crippen LogP contribution in [0.25, 0.3) is 11.1 Å². The van der Waals surface area contributed by atoms with Crippen LogP contribution in [0, 0.1) is 29.6 Å². The lowest BCUT2D eigenvalue weighted by molar-refractivity contribution is 0.286. The maximum atomic E-state index is 12.3. The molecule has 1 aromatic heterocycles. The van der Waals surface area contributed by atoms with Gasteiger partial charge < -0.3 is 20.2 Å². The number of nitrogens with zero attached hydrogens (tertiary/aromatic N) is 2. The van der Waals surface area contributed by atoms with Gasteiger partial charge in [-0.15, -0.1) is 0 Å². The Bertz CT molecular complexity index is 1220. The van der Waals surface area contributed by atoms with Crippen molar-refractivity contribution in [2.24, 2.45) is 0 Å². The zero-order chi connectivity index (χ0) is 21.0. The second kappa shape index (κ2) is 8.20. The number of aromatic nitrogens is 1. The van der Waals surface area contributed by atoms with Crippen LogP contribution in [0.2, 0.25) is 0 Å². The van der Waals surface area contributed by atoms with E-state index in [2.05, 4.69) is 4.98 Å². The Labute approximate surface area is 167 Å². The van der Waals surface area contributed by atoms with Crippen molar-refractivity contribution in [1.29, 1.82) is 10.5 Å². The van der Waals surface area contributed by atoms with E-state index in [1.807, 2.05) is 43.3 Å². The molecule has 144 valence electrons. The summed E-state index contributed by atoms with van der Waals surface area (Å²) in [6, 6.07) is 16.7. The molecule has 0 aliphatic carbocycles. The monoisotopic (exact) mass is 386 g/mol. The molecule has 7 heteroatoms. The Morgan fingerprint density at radius 3 is 2.48 bits per heavy atom. The van der Waals surface area contributed by atoms with E-state index in [9.17, 15) is 15.3 Å². The Morgan fingerprint density at radius 2 is 1.83 bits per heavy atom. The van der Waals surface area contributed by atoms with Crippen molar-refractivity contribution in [1.82, 2.24) is 4.98 Å². The van der Waals surface area contributed by atoms with Gasteiger partial charge in [-0.05, 0) is 18.6 Å². The number of benzene rings is 2. The molecule has 0 fully saturated rings. The van der Waals surface area contributed by atoms with E-state index >= 15 is 0 Å². The number of aryl methyl sites for hydroxylation is 1. The van der Waals surface area contributed by atoms with Gasteiger partial charge in [0.05, 0.1) is 7.11 Å². The number of nitrogens with two attached hydrogens (primary N) is 1. The van der Waals surface area contributed by atoms with E-state index in [1.165, 1.54) is 7.11 Å². The number of pyridine rings is 1. The summed E-state index contributed by atoms with van der Waals surface area (Å²) in [7, 11) is 1.49. The Morgan fingerprint density at radius 1 is 1.10 bits per heavy atom. The van der Waals surface area contributed by atoms with Gasteiger partial charge >= 0.3 is 0 Å². The number of nitriles is 2. The van der Waals surface area contributed by atoms with Gasteiger partial charge in [0.15, 0.2) is 11.5 Å². The molecule has 29 heavy (non-hydrogen) atoms. The summed E-state index contributed by atoms with van der Waals surface area (Å²) in [6.45, 7) is 2.22. The van der Waals surface area contributed by atoms with Gasteiger partial charge in [-0.25, -0.2) is 0 Å². The zero-order valence-corrected chi connectivity index (χ0v) is 15.9. The van der Waals surface area contributed by atoms with Crippen molar-refractivity contribution in [2.75, 3.05) is 12.8 Å². The Hall–Kier alpha value is -4.23. The quantitative estimate of drug-likeness (QED) is 0.693. The third-order valence-corrected chi connectivity index (χ3v) is 4.40. The molecule has 2 aromatic carbocycles. The van der Waals surface area contributed by atoms with Crippen LogP contribution in [0.4, 0.5) is 5.82 Å². The number of nitrogen functional groups attached to an aromatic ring is 1. The van der Waals surface area contributed by atoms with Crippen molar-refractivity contribution in [3.8, 4) is 34.8 Å². The van der Waals surface area contributed by atoms with E-state index in [-0.39, 0.29) is 29.1 Å². The summed E-state index contributed by atoms with van der Waals surface area (Å²) < 4.78 is 11.5. The van der Waals surface area contributed by atoms with Crippen LogP contribution < -0.4 is 20.8 Å². The lowest BCUT2D eigenvalue weighted by Crippen LogP contribution is -2.16. The van der Waals surface area contributed by atoms with E-state index in [1.54, 1.807) is 18.2 Å². The maximum Gasteiger partial charge on any atom is 0.268 e. The maximum absolute atomic E-state index is 12.3. The summed E-state index contributed by atoms with van der Waals surface area (Å²) in [5.41, 5.74) is 7.46. The predicted molar refractivity (Wildman–Crippen MR) is 108 cm³/mol. The van der Waals surface area contributed by atoms with Crippen LogP contribution in [0.1, 0.15) is 22.3 Å². The molecule has 3 aromatic rings. The third-order valence-electron chi connectivity index (χ3n) is 4.40. The van der Waals surface area contributed by atoms with Gasteiger partial charge in [0, 0.05) is 11.1 Å². The van der Waals surface area contributed by atoms with Gasteiger partial charge in [0.1, 0.15) is 35.7 Å². The first-order valence-corrected chi connectivity index (χ1v) is 8.71. The van der Waals surface area contributed by atoms with Gasteiger partial charge in [0.25, 0.3) is 5.56 Å². The molecule has 0 atom stereocenters. The van der Waals surface area contributed by atoms with Gasteiger partial charge in [-0.1, -0.05) is 42.0 Å². The van der Waals surface area contributed by atoms with E-state index in [0.717, 1.165) is 11.1 Å².